The van der Waals surface area contributed by atoms with Gasteiger partial charge in [-0.15, -0.1) is 0 Å². The summed E-state index contributed by atoms with van der Waals surface area (Å²) in [6, 6.07) is 7.69. The summed E-state index contributed by atoms with van der Waals surface area (Å²) in [6.45, 7) is 0. The van der Waals surface area contributed by atoms with Gasteiger partial charge in [-0.2, -0.15) is 13.2 Å². The van der Waals surface area contributed by atoms with Gasteiger partial charge in [0.2, 0.25) is 5.91 Å². The van der Waals surface area contributed by atoms with Gasteiger partial charge in [0.25, 0.3) is 0 Å². The van der Waals surface area contributed by atoms with E-state index in [0.29, 0.717) is 17.2 Å². The molecular weight excluding hydrogens is 371 g/mol. The second-order valence-corrected chi connectivity index (χ2v) is 5.53. The van der Waals surface area contributed by atoms with E-state index in [9.17, 15) is 18.0 Å². The van der Waals surface area contributed by atoms with Crippen LogP contribution in [0.5, 0.6) is 11.5 Å². The van der Waals surface area contributed by atoms with Crippen LogP contribution in [0.25, 0.3) is 6.08 Å². The summed E-state index contributed by atoms with van der Waals surface area (Å²) in [5, 5.41) is 2.68. The summed E-state index contributed by atoms with van der Waals surface area (Å²) in [6.07, 6.45) is -2.19. The Morgan fingerprint density at radius 1 is 1.12 bits per heavy atom. The Bertz CT molecular complexity index is 835. The van der Waals surface area contributed by atoms with Crippen molar-refractivity contribution in [3.63, 3.8) is 0 Å². The largest absolute Gasteiger partial charge is 0.497 e. The number of rotatable bonds is 5. The number of benzene rings is 2. The molecule has 2 rings (SSSR count). The molecule has 26 heavy (non-hydrogen) atoms. The van der Waals surface area contributed by atoms with E-state index < -0.39 is 17.6 Å². The van der Waals surface area contributed by atoms with Crippen molar-refractivity contribution in [2.45, 2.75) is 6.18 Å². The van der Waals surface area contributed by atoms with Crippen LogP contribution in [0, 0.1) is 0 Å². The van der Waals surface area contributed by atoms with Crippen LogP contribution in [0.1, 0.15) is 11.1 Å². The molecule has 0 unspecified atom stereocenters. The molecule has 0 saturated carbocycles. The predicted molar refractivity (Wildman–Crippen MR) is 93.7 cm³/mol. The third kappa shape index (κ3) is 4.92. The molecule has 2 aromatic carbocycles. The van der Waals surface area contributed by atoms with Crippen molar-refractivity contribution in [3.05, 3.63) is 58.6 Å². The molecular formula is C18H15ClF3NO3. The van der Waals surface area contributed by atoms with E-state index in [1.165, 1.54) is 20.3 Å². The van der Waals surface area contributed by atoms with Crippen molar-refractivity contribution in [2.75, 3.05) is 19.5 Å². The van der Waals surface area contributed by atoms with Gasteiger partial charge in [-0.05, 0) is 42.0 Å². The van der Waals surface area contributed by atoms with E-state index in [-0.39, 0.29) is 10.6 Å². The van der Waals surface area contributed by atoms with Crippen molar-refractivity contribution in [1.29, 1.82) is 0 Å². The number of methoxy groups -OCH3 is 2. The SMILES string of the molecule is COc1ccc(NC(=O)/C=C/c2cc(C(F)(F)F)ccc2Cl)c(OC)c1. The first-order valence-corrected chi connectivity index (χ1v) is 7.70. The third-order valence-electron chi connectivity index (χ3n) is 3.40. The highest BCUT2D eigenvalue weighted by Crippen LogP contribution is 2.32. The molecule has 0 aliphatic carbocycles. The van der Waals surface area contributed by atoms with E-state index in [1.807, 2.05) is 0 Å². The fourth-order valence-electron chi connectivity index (χ4n) is 2.09. The van der Waals surface area contributed by atoms with Crippen LogP contribution in [0.15, 0.2) is 42.5 Å². The molecule has 0 saturated heterocycles. The van der Waals surface area contributed by atoms with Crippen molar-refractivity contribution >= 4 is 29.3 Å². The van der Waals surface area contributed by atoms with Gasteiger partial charge in [0.15, 0.2) is 0 Å². The monoisotopic (exact) mass is 385 g/mol. The molecule has 0 radical (unpaired) electrons. The molecule has 0 heterocycles. The number of nitrogens with one attached hydrogen (secondary N) is 1. The minimum atomic E-state index is -4.49. The van der Waals surface area contributed by atoms with Crippen LogP contribution in [-0.4, -0.2) is 20.1 Å². The molecule has 0 fully saturated rings. The highest BCUT2D eigenvalue weighted by Gasteiger charge is 2.30. The van der Waals surface area contributed by atoms with Gasteiger partial charge in [0, 0.05) is 17.2 Å². The molecule has 2 aromatic rings. The first-order valence-electron chi connectivity index (χ1n) is 7.32. The summed E-state index contributed by atoms with van der Waals surface area (Å²) in [4.78, 5) is 12.1. The Balaban J connectivity index is 2.18. The number of carbonyl (C=O) groups is 1. The molecule has 0 atom stereocenters. The van der Waals surface area contributed by atoms with Crippen molar-refractivity contribution in [2.24, 2.45) is 0 Å². The van der Waals surface area contributed by atoms with E-state index in [0.717, 1.165) is 24.3 Å². The van der Waals surface area contributed by atoms with Crippen LogP contribution in [0.3, 0.4) is 0 Å². The van der Waals surface area contributed by atoms with Gasteiger partial charge in [-0.1, -0.05) is 11.6 Å². The zero-order valence-electron chi connectivity index (χ0n) is 13.9. The van der Waals surface area contributed by atoms with Crippen LogP contribution in [-0.2, 0) is 11.0 Å². The van der Waals surface area contributed by atoms with Crippen molar-refractivity contribution in [1.82, 2.24) is 0 Å². The summed E-state index contributed by atoms with van der Waals surface area (Å²) in [5.41, 5.74) is -0.379. The van der Waals surface area contributed by atoms with Gasteiger partial charge < -0.3 is 14.8 Å². The fraction of sp³-hybridized carbons (Fsp3) is 0.167. The van der Waals surface area contributed by atoms with E-state index in [2.05, 4.69) is 5.32 Å². The summed E-state index contributed by atoms with van der Waals surface area (Å²) in [5.74, 6) is 0.372. The van der Waals surface area contributed by atoms with Gasteiger partial charge in [-0.3, -0.25) is 4.79 Å². The molecule has 1 amide bonds. The number of hydrogen-bond acceptors (Lipinski definition) is 3. The van der Waals surface area contributed by atoms with Crippen molar-refractivity contribution in [3.8, 4) is 11.5 Å². The van der Waals surface area contributed by atoms with Gasteiger partial charge in [0.1, 0.15) is 11.5 Å². The topological polar surface area (TPSA) is 47.6 Å². The fourth-order valence-corrected chi connectivity index (χ4v) is 2.27. The minimum Gasteiger partial charge on any atom is -0.497 e. The normalized spacial score (nSPS) is 11.5. The lowest BCUT2D eigenvalue weighted by molar-refractivity contribution is -0.137. The van der Waals surface area contributed by atoms with Gasteiger partial charge >= 0.3 is 6.18 Å². The maximum atomic E-state index is 12.8. The lowest BCUT2D eigenvalue weighted by Gasteiger charge is -2.10. The Hall–Kier alpha value is -2.67. The van der Waals surface area contributed by atoms with Crippen LogP contribution < -0.4 is 14.8 Å². The van der Waals surface area contributed by atoms with Crippen molar-refractivity contribution < 1.29 is 27.4 Å². The van der Waals surface area contributed by atoms with Crippen LogP contribution >= 0.6 is 11.6 Å². The number of carbonyl (C=O) groups excluding carboxylic acids is 1. The highest BCUT2D eigenvalue weighted by atomic mass is 35.5. The zero-order valence-corrected chi connectivity index (χ0v) is 14.6. The predicted octanol–water partition coefficient (Wildman–Crippen LogP) is 5.03. The summed E-state index contributed by atoms with van der Waals surface area (Å²) >= 11 is 5.89. The number of anilines is 1. The van der Waals surface area contributed by atoms with Gasteiger partial charge in [-0.25, -0.2) is 0 Å². The Morgan fingerprint density at radius 2 is 1.85 bits per heavy atom. The van der Waals surface area contributed by atoms with E-state index >= 15 is 0 Å². The quantitative estimate of drug-likeness (QED) is 0.734. The first-order chi connectivity index (χ1) is 12.2. The average Bonchev–Trinajstić information content (AvgIpc) is 2.60. The molecule has 4 nitrogen and oxygen atoms in total. The number of alkyl halides is 3. The van der Waals surface area contributed by atoms with E-state index in [4.69, 9.17) is 21.1 Å². The molecule has 0 spiro atoms. The lowest BCUT2D eigenvalue weighted by atomic mass is 10.1. The van der Waals surface area contributed by atoms with Crippen LogP contribution in [0.4, 0.5) is 18.9 Å². The lowest BCUT2D eigenvalue weighted by Crippen LogP contribution is -2.09. The third-order valence-corrected chi connectivity index (χ3v) is 3.75. The first kappa shape index (κ1) is 19.7. The second-order valence-electron chi connectivity index (χ2n) is 5.12. The maximum absolute atomic E-state index is 12.8. The summed E-state index contributed by atoms with van der Waals surface area (Å²) < 4.78 is 48.5. The summed E-state index contributed by atoms with van der Waals surface area (Å²) in [7, 11) is 2.93. The molecule has 0 bridgehead atoms. The number of ether oxygens (including phenoxy) is 2. The Kier molecular flexibility index (Phi) is 6.15. The minimum absolute atomic E-state index is 0.0818. The number of halogens is 4. The molecule has 0 aliphatic rings. The standard InChI is InChI=1S/C18H15ClF3NO3/c1-25-13-5-7-15(16(10-13)26-2)23-17(24)8-3-11-9-12(18(20,21)22)4-6-14(11)19/h3-10H,1-2H3,(H,23,24)/b8-3+. The second kappa shape index (κ2) is 8.14. The van der Waals surface area contributed by atoms with Gasteiger partial charge in [0.05, 0.1) is 25.5 Å². The highest BCUT2D eigenvalue weighted by molar-refractivity contribution is 6.32. The Labute approximate surface area is 153 Å². The average molecular weight is 386 g/mol. The number of hydrogen-bond donors (Lipinski definition) is 1. The number of amides is 1. The molecule has 8 heteroatoms. The molecule has 138 valence electrons. The van der Waals surface area contributed by atoms with E-state index in [1.54, 1.807) is 18.2 Å². The Morgan fingerprint density at radius 3 is 2.46 bits per heavy atom. The maximum Gasteiger partial charge on any atom is 0.416 e. The van der Waals surface area contributed by atoms with Crippen LogP contribution in [0.2, 0.25) is 5.02 Å². The molecule has 0 aliphatic heterocycles. The molecule has 0 aromatic heterocycles. The zero-order chi connectivity index (χ0) is 19.3. The molecule has 1 N–H and O–H groups in total. The smallest absolute Gasteiger partial charge is 0.416 e.